The van der Waals surface area contributed by atoms with Gasteiger partial charge in [0.2, 0.25) is 0 Å². The van der Waals surface area contributed by atoms with Crippen LogP contribution in [0.5, 0.6) is 11.5 Å². The molecule has 0 saturated heterocycles. The molecule has 2 aromatic rings. The van der Waals surface area contributed by atoms with Crippen molar-refractivity contribution in [1.82, 2.24) is 0 Å². The number of phenolic OH excluding ortho intramolecular Hbond substituents is 1. The van der Waals surface area contributed by atoms with Gasteiger partial charge in [0.25, 0.3) is 0 Å². The van der Waals surface area contributed by atoms with Crippen molar-refractivity contribution in [3.8, 4) is 22.6 Å². The molecular formula is C15H16O2. The van der Waals surface area contributed by atoms with Crippen molar-refractivity contribution in [3.63, 3.8) is 0 Å². The number of hydrogen-bond donors (Lipinski definition) is 1. The predicted molar refractivity (Wildman–Crippen MR) is 69.3 cm³/mol. The maximum Gasteiger partial charge on any atom is 0.123 e. The van der Waals surface area contributed by atoms with E-state index in [1.807, 2.05) is 42.5 Å². The highest BCUT2D eigenvalue weighted by molar-refractivity contribution is 5.70. The van der Waals surface area contributed by atoms with E-state index in [1.165, 1.54) is 0 Å². The summed E-state index contributed by atoms with van der Waals surface area (Å²) in [6, 6.07) is 15.1. The van der Waals surface area contributed by atoms with Crippen molar-refractivity contribution in [2.75, 3.05) is 6.61 Å². The average Bonchev–Trinajstić information content (AvgIpc) is 2.38. The number of hydrogen-bond acceptors (Lipinski definition) is 2. The first kappa shape index (κ1) is 11.5. The maximum atomic E-state index is 9.74. The minimum atomic E-state index is 0.301. The standard InChI is InChI=1S/C15H16O2/c1-2-11-17-13-9-7-12(8-10-13)14-5-3-4-6-15(14)16/h3-10,16H,2,11H2,1H3. The lowest BCUT2D eigenvalue weighted by Crippen LogP contribution is -1.94. The van der Waals surface area contributed by atoms with Crippen LogP contribution < -0.4 is 4.74 Å². The second kappa shape index (κ2) is 5.39. The Morgan fingerprint density at radius 2 is 1.71 bits per heavy atom. The molecule has 0 aliphatic rings. The van der Waals surface area contributed by atoms with E-state index in [2.05, 4.69) is 6.92 Å². The largest absolute Gasteiger partial charge is 0.507 e. The van der Waals surface area contributed by atoms with Gasteiger partial charge >= 0.3 is 0 Å². The number of ether oxygens (including phenoxy) is 1. The minimum absolute atomic E-state index is 0.301. The molecule has 2 heteroatoms. The molecule has 0 saturated carbocycles. The lowest BCUT2D eigenvalue weighted by molar-refractivity contribution is 0.317. The van der Waals surface area contributed by atoms with Gasteiger partial charge in [-0.2, -0.15) is 0 Å². The summed E-state index contributed by atoms with van der Waals surface area (Å²) in [5.74, 6) is 1.17. The highest BCUT2D eigenvalue weighted by Gasteiger charge is 2.02. The van der Waals surface area contributed by atoms with Gasteiger partial charge in [-0.05, 0) is 30.2 Å². The van der Waals surface area contributed by atoms with E-state index in [1.54, 1.807) is 6.07 Å². The van der Waals surface area contributed by atoms with Crippen molar-refractivity contribution in [2.45, 2.75) is 13.3 Å². The molecule has 0 fully saturated rings. The predicted octanol–water partition coefficient (Wildman–Crippen LogP) is 3.85. The summed E-state index contributed by atoms with van der Waals surface area (Å²) in [7, 11) is 0. The Labute approximate surface area is 101 Å². The minimum Gasteiger partial charge on any atom is -0.507 e. The quantitative estimate of drug-likeness (QED) is 0.861. The number of rotatable bonds is 4. The lowest BCUT2D eigenvalue weighted by Gasteiger charge is -2.07. The van der Waals surface area contributed by atoms with Gasteiger partial charge in [0.05, 0.1) is 6.61 Å². The zero-order chi connectivity index (χ0) is 12.1. The highest BCUT2D eigenvalue weighted by Crippen LogP contribution is 2.29. The molecule has 0 heterocycles. The van der Waals surface area contributed by atoms with Crippen LogP contribution in [0.15, 0.2) is 48.5 Å². The lowest BCUT2D eigenvalue weighted by atomic mass is 10.0. The molecule has 0 aromatic heterocycles. The molecule has 2 aromatic carbocycles. The Bertz CT molecular complexity index is 475. The van der Waals surface area contributed by atoms with Crippen LogP contribution in [0.3, 0.4) is 0 Å². The van der Waals surface area contributed by atoms with Crippen LogP contribution in [0, 0.1) is 0 Å². The van der Waals surface area contributed by atoms with Gasteiger partial charge in [-0.15, -0.1) is 0 Å². The summed E-state index contributed by atoms with van der Waals surface area (Å²) in [4.78, 5) is 0. The average molecular weight is 228 g/mol. The fourth-order valence-corrected chi connectivity index (χ4v) is 1.67. The Balaban J connectivity index is 2.21. The molecule has 0 aliphatic carbocycles. The van der Waals surface area contributed by atoms with Crippen LogP contribution in [0.2, 0.25) is 0 Å². The van der Waals surface area contributed by atoms with Gasteiger partial charge in [0, 0.05) is 5.56 Å². The van der Waals surface area contributed by atoms with Crippen LogP contribution in [-0.4, -0.2) is 11.7 Å². The molecule has 0 bridgehead atoms. The molecule has 0 radical (unpaired) electrons. The van der Waals surface area contributed by atoms with E-state index in [9.17, 15) is 5.11 Å². The van der Waals surface area contributed by atoms with E-state index < -0.39 is 0 Å². The molecule has 0 atom stereocenters. The van der Waals surface area contributed by atoms with Crippen molar-refractivity contribution < 1.29 is 9.84 Å². The molecule has 2 rings (SSSR count). The third-order valence-corrected chi connectivity index (χ3v) is 2.54. The molecule has 2 nitrogen and oxygen atoms in total. The fraction of sp³-hybridized carbons (Fsp3) is 0.200. The van der Waals surface area contributed by atoms with E-state index in [4.69, 9.17) is 4.74 Å². The van der Waals surface area contributed by atoms with E-state index in [0.29, 0.717) is 5.75 Å². The molecule has 88 valence electrons. The third-order valence-electron chi connectivity index (χ3n) is 2.54. The summed E-state index contributed by atoms with van der Waals surface area (Å²) >= 11 is 0. The molecule has 1 N–H and O–H groups in total. The van der Waals surface area contributed by atoms with Crippen LogP contribution >= 0.6 is 0 Å². The SMILES string of the molecule is CCCOc1ccc(-c2ccccc2O)cc1. The van der Waals surface area contributed by atoms with Gasteiger partial charge in [0.1, 0.15) is 11.5 Å². The summed E-state index contributed by atoms with van der Waals surface area (Å²) < 4.78 is 5.51. The monoisotopic (exact) mass is 228 g/mol. The molecule has 0 spiro atoms. The van der Waals surface area contributed by atoms with E-state index in [0.717, 1.165) is 29.9 Å². The highest BCUT2D eigenvalue weighted by atomic mass is 16.5. The Morgan fingerprint density at radius 3 is 2.35 bits per heavy atom. The summed E-state index contributed by atoms with van der Waals surface area (Å²) in [5, 5.41) is 9.74. The van der Waals surface area contributed by atoms with Gasteiger partial charge in [-0.25, -0.2) is 0 Å². The summed E-state index contributed by atoms with van der Waals surface area (Å²) in [5.41, 5.74) is 1.83. The molecule has 0 aliphatic heterocycles. The van der Waals surface area contributed by atoms with Crippen LogP contribution in [0.4, 0.5) is 0 Å². The fourth-order valence-electron chi connectivity index (χ4n) is 1.67. The van der Waals surface area contributed by atoms with E-state index in [-0.39, 0.29) is 0 Å². The zero-order valence-electron chi connectivity index (χ0n) is 9.89. The maximum absolute atomic E-state index is 9.74. The Morgan fingerprint density at radius 1 is 1.00 bits per heavy atom. The van der Waals surface area contributed by atoms with Gasteiger partial charge in [0.15, 0.2) is 0 Å². The van der Waals surface area contributed by atoms with Crippen molar-refractivity contribution in [3.05, 3.63) is 48.5 Å². The van der Waals surface area contributed by atoms with Crippen LogP contribution in [0.25, 0.3) is 11.1 Å². The third kappa shape index (κ3) is 2.78. The summed E-state index contributed by atoms with van der Waals surface area (Å²) in [6.45, 7) is 2.81. The molecular weight excluding hydrogens is 212 g/mol. The number of phenols is 1. The molecule has 17 heavy (non-hydrogen) atoms. The van der Waals surface area contributed by atoms with Crippen LogP contribution in [0.1, 0.15) is 13.3 Å². The number of aromatic hydroxyl groups is 1. The van der Waals surface area contributed by atoms with E-state index >= 15 is 0 Å². The first-order valence-electron chi connectivity index (χ1n) is 5.82. The second-order valence-corrected chi connectivity index (χ2v) is 3.89. The Kier molecular flexibility index (Phi) is 3.66. The molecule has 0 unspecified atom stereocenters. The van der Waals surface area contributed by atoms with Crippen molar-refractivity contribution in [1.29, 1.82) is 0 Å². The smallest absolute Gasteiger partial charge is 0.123 e. The van der Waals surface area contributed by atoms with Crippen molar-refractivity contribution >= 4 is 0 Å². The normalized spacial score (nSPS) is 10.2. The summed E-state index contributed by atoms with van der Waals surface area (Å²) in [6.07, 6.45) is 1.00. The van der Waals surface area contributed by atoms with Gasteiger partial charge in [-0.3, -0.25) is 0 Å². The topological polar surface area (TPSA) is 29.5 Å². The zero-order valence-corrected chi connectivity index (χ0v) is 9.89. The second-order valence-electron chi connectivity index (χ2n) is 3.89. The number of para-hydroxylation sites is 1. The van der Waals surface area contributed by atoms with Gasteiger partial charge < -0.3 is 9.84 Å². The molecule has 0 amide bonds. The first-order chi connectivity index (χ1) is 8.31. The van der Waals surface area contributed by atoms with Crippen molar-refractivity contribution in [2.24, 2.45) is 0 Å². The van der Waals surface area contributed by atoms with Crippen LogP contribution in [-0.2, 0) is 0 Å². The number of benzene rings is 2. The first-order valence-corrected chi connectivity index (χ1v) is 5.82. The van der Waals surface area contributed by atoms with Gasteiger partial charge in [-0.1, -0.05) is 37.3 Å². The Hall–Kier alpha value is -1.96.